The molecule has 0 aromatic rings. The summed E-state index contributed by atoms with van der Waals surface area (Å²) in [4.78, 5) is 22.3. The van der Waals surface area contributed by atoms with Crippen molar-refractivity contribution < 1.29 is 32.4 Å². The van der Waals surface area contributed by atoms with Crippen molar-refractivity contribution in [3.8, 4) is 0 Å². The lowest BCUT2D eigenvalue weighted by Gasteiger charge is -2.23. The summed E-state index contributed by atoms with van der Waals surface area (Å²) < 4.78 is 34.1. The molecular formula is C10H18O7S. The summed E-state index contributed by atoms with van der Waals surface area (Å²) in [6, 6.07) is 0. The van der Waals surface area contributed by atoms with Gasteiger partial charge in [0.2, 0.25) is 0 Å². The van der Waals surface area contributed by atoms with Crippen LogP contribution in [0.15, 0.2) is 0 Å². The van der Waals surface area contributed by atoms with Crippen molar-refractivity contribution in [1.82, 2.24) is 0 Å². The Bertz CT molecular complexity index is 400. The highest BCUT2D eigenvalue weighted by Crippen LogP contribution is 2.27. The Morgan fingerprint density at radius 2 is 1.89 bits per heavy atom. The molecule has 0 saturated carbocycles. The molecule has 0 rings (SSSR count). The first kappa shape index (κ1) is 16.9. The molecule has 0 saturated heterocycles. The summed E-state index contributed by atoms with van der Waals surface area (Å²) in [6.07, 6.45) is -0.0749. The summed E-state index contributed by atoms with van der Waals surface area (Å²) in [6.45, 7) is 2.97. The highest BCUT2D eigenvalue weighted by molar-refractivity contribution is 7.85. The number of carbonyl (C=O) groups excluding carboxylic acids is 1. The minimum absolute atomic E-state index is 0.0303. The number of carboxylic acid groups (broad SMARTS) is 1. The molecule has 0 bridgehead atoms. The molecule has 0 aromatic carbocycles. The third-order valence-electron chi connectivity index (χ3n) is 2.59. The lowest BCUT2D eigenvalue weighted by molar-refractivity contribution is -0.160. The van der Waals surface area contributed by atoms with Gasteiger partial charge in [0.05, 0.1) is 24.2 Å². The van der Waals surface area contributed by atoms with E-state index in [0.29, 0.717) is 6.42 Å². The Morgan fingerprint density at radius 1 is 1.33 bits per heavy atom. The average Bonchev–Trinajstić information content (AvgIpc) is 2.21. The van der Waals surface area contributed by atoms with E-state index in [1.54, 1.807) is 6.92 Å². The van der Waals surface area contributed by atoms with Gasteiger partial charge in [0, 0.05) is 0 Å². The molecule has 0 radical (unpaired) electrons. The van der Waals surface area contributed by atoms with Crippen LogP contribution in [0, 0.1) is 5.41 Å². The molecule has 0 aliphatic heterocycles. The molecular weight excluding hydrogens is 264 g/mol. The van der Waals surface area contributed by atoms with Crippen molar-refractivity contribution in [3.05, 3.63) is 0 Å². The van der Waals surface area contributed by atoms with E-state index in [-0.39, 0.29) is 19.4 Å². The maximum absolute atomic E-state index is 11.7. The summed E-state index contributed by atoms with van der Waals surface area (Å²) in [5.74, 6) is -2.28. The highest BCUT2D eigenvalue weighted by atomic mass is 32.2. The fraction of sp³-hybridized carbons (Fsp3) is 0.800. The third-order valence-corrected chi connectivity index (χ3v) is 3.40. The van der Waals surface area contributed by atoms with Gasteiger partial charge in [-0.1, -0.05) is 6.92 Å². The molecule has 0 aromatic heterocycles. The average molecular weight is 282 g/mol. The number of carboxylic acids is 1. The lowest BCUT2D eigenvalue weighted by Crippen LogP contribution is -2.32. The highest BCUT2D eigenvalue weighted by Gasteiger charge is 2.35. The molecule has 0 amide bonds. The molecule has 1 atom stereocenters. The Labute approximate surface area is 106 Å². The molecule has 0 aliphatic rings. The molecule has 1 unspecified atom stereocenters. The standard InChI is InChI=1S/C10H18O7S/c1-3-10(2,7-8(11)12)9(13)17-5-4-6-18(14,15)16/h3-7H2,1-2H3,(H,11,12)(H,14,15,16). The second kappa shape index (κ2) is 6.69. The minimum atomic E-state index is -4.07. The van der Waals surface area contributed by atoms with Gasteiger partial charge in [-0.25, -0.2) is 0 Å². The van der Waals surface area contributed by atoms with Crippen LogP contribution in [0.2, 0.25) is 0 Å². The van der Waals surface area contributed by atoms with Crippen LogP contribution in [0.1, 0.15) is 33.1 Å². The molecule has 0 spiro atoms. The molecule has 18 heavy (non-hydrogen) atoms. The number of rotatable bonds is 8. The first-order valence-electron chi connectivity index (χ1n) is 5.45. The van der Waals surface area contributed by atoms with E-state index in [1.165, 1.54) is 6.92 Å². The quantitative estimate of drug-likeness (QED) is 0.382. The Hall–Kier alpha value is -1.15. The van der Waals surface area contributed by atoms with Crippen LogP contribution in [0.4, 0.5) is 0 Å². The van der Waals surface area contributed by atoms with Crippen LogP contribution in [0.3, 0.4) is 0 Å². The van der Waals surface area contributed by atoms with Crippen LogP contribution < -0.4 is 0 Å². The minimum Gasteiger partial charge on any atom is -0.481 e. The predicted molar refractivity (Wildman–Crippen MR) is 62.6 cm³/mol. The van der Waals surface area contributed by atoms with Crippen molar-refractivity contribution >= 4 is 22.1 Å². The normalized spacial score (nSPS) is 14.8. The van der Waals surface area contributed by atoms with Gasteiger partial charge in [0.1, 0.15) is 0 Å². The predicted octanol–water partition coefficient (Wildman–Crippen LogP) is 0.699. The smallest absolute Gasteiger partial charge is 0.312 e. The van der Waals surface area contributed by atoms with Crippen molar-refractivity contribution in [1.29, 1.82) is 0 Å². The monoisotopic (exact) mass is 282 g/mol. The van der Waals surface area contributed by atoms with Crippen LogP contribution in [-0.2, 0) is 24.4 Å². The summed E-state index contributed by atoms with van der Waals surface area (Å²) in [5, 5.41) is 8.69. The zero-order valence-electron chi connectivity index (χ0n) is 10.4. The maximum Gasteiger partial charge on any atom is 0.312 e. The number of hydrogen-bond acceptors (Lipinski definition) is 5. The molecule has 0 fully saturated rings. The largest absolute Gasteiger partial charge is 0.481 e. The van der Waals surface area contributed by atoms with Crippen molar-refractivity contribution in [2.45, 2.75) is 33.1 Å². The van der Waals surface area contributed by atoms with Crippen LogP contribution in [0.5, 0.6) is 0 Å². The summed E-state index contributed by atoms with van der Waals surface area (Å²) in [5.41, 5.74) is -1.12. The Kier molecular flexibility index (Phi) is 6.27. The first-order valence-corrected chi connectivity index (χ1v) is 7.06. The molecule has 106 valence electrons. The van der Waals surface area contributed by atoms with Gasteiger partial charge in [-0.15, -0.1) is 0 Å². The lowest BCUT2D eigenvalue weighted by atomic mass is 9.84. The topological polar surface area (TPSA) is 118 Å². The van der Waals surface area contributed by atoms with E-state index in [4.69, 9.17) is 14.4 Å². The Morgan fingerprint density at radius 3 is 2.28 bits per heavy atom. The maximum atomic E-state index is 11.7. The number of esters is 1. The van der Waals surface area contributed by atoms with Gasteiger partial charge in [0.25, 0.3) is 10.1 Å². The first-order chi connectivity index (χ1) is 8.10. The van der Waals surface area contributed by atoms with Gasteiger partial charge < -0.3 is 9.84 Å². The molecule has 0 heterocycles. The van der Waals surface area contributed by atoms with Crippen LogP contribution >= 0.6 is 0 Å². The van der Waals surface area contributed by atoms with E-state index in [0.717, 1.165) is 0 Å². The summed E-state index contributed by atoms with van der Waals surface area (Å²) >= 11 is 0. The van der Waals surface area contributed by atoms with E-state index in [1.807, 2.05) is 0 Å². The van der Waals surface area contributed by atoms with E-state index in [2.05, 4.69) is 0 Å². The summed E-state index contributed by atoms with van der Waals surface area (Å²) in [7, 11) is -4.07. The van der Waals surface area contributed by atoms with Gasteiger partial charge in [-0.05, 0) is 19.8 Å². The second-order valence-corrected chi connectivity index (χ2v) is 5.83. The number of hydrogen-bond donors (Lipinski definition) is 2. The van der Waals surface area contributed by atoms with Gasteiger partial charge in [-0.3, -0.25) is 14.1 Å². The zero-order valence-corrected chi connectivity index (χ0v) is 11.2. The number of ether oxygens (including phenoxy) is 1. The number of carbonyl (C=O) groups is 2. The van der Waals surface area contributed by atoms with Gasteiger partial charge in [-0.2, -0.15) is 8.42 Å². The molecule has 7 nitrogen and oxygen atoms in total. The van der Waals surface area contributed by atoms with Crippen LogP contribution in [-0.4, -0.2) is 42.4 Å². The van der Waals surface area contributed by atoms with Crippen LogP contribution in [0.25, 0.3) is 0 Å². The van der Waals surface area contributed by atoms with Crippen molar-refractivity contribution in [2.24, 2.45) is 5.41 Å². The fourth-order valence-corrected chi connectivity index (χ4v) is 1.74. The molecule has 0 aliphatic carbocycles. The van der Waals surface area contributed by atoms with E-state index >= 15 is 0 Å². The van der Waals surface area contributed by atoms with Crippen molar-refractivity contribution in [2.75, 3.05) is 12.4 Å². The Balaban J connectivity index is 4.25. The van der Waals surface area contributed by atoms with Gasteiger partial charge >= 0.3 is 11.9 Å². The fourth-order valence-electron chi connectivity index (χ4n) is 1.26. The van der Waals surface area contributed by atoms with Gasteiger partial charge in [0.15, 0.2) is 0 Å². The molecule has 2 N–H and O–H groups in total. The van der Waals surface area contributed by atoms with Crippen molar-refractivity contribution in [3.63, 3.8) is 0 Å². The number of aliphatic carboxylic acids is 1. The zero-order chi connectivity index (χ0) is 14.4. The third kappa shape index (κ3) is 6.55. The second-order valence-electron chi connectivity index (χ2n) is 4.26. The SMILES string of the molecule is CCC(C)(CC(=O)O)C(=O)OCCCS(=O)(=O)O. The molecule has 8 heteroatoms. The van der Waals surface area contributed by atoms with E-state index in [9.17, 15) is 18.0 Å². The van der Waals surface area contributed by atoms with E-state index < -0.39 is 33.2 Å².